The lowest BCUT2D eigenvalue weighted by Gasteiger charge is -2.17. The van der Waals surface area contributed by atoms with Crippen LogP contribution >= 0.6 is 12.4 Å². The lowest BCUT2D eigenvalue weighted by Crippen LogP contribution is -2.21. The summed E-state index contributed by atoms with van der Waals surface area (Å²) in [5.74, 6) is 2.59. The molecule has 0 unspecified atom stereocenters. The molecule has 2 heterocycles. The SMILES string of the molecule is CCOc1ccc(Nc2nc(Nc3ccc(CC)cc3)nc(N3CCCC3)n2)cc1.Cl. The number of hydrogen-bond donors (Lipinski definition) is 2. The molecular formula is C23H29ClN6O. The number of halogens is 1. The van der Waals surface area contributed by atoms with E-state index in [2.05, 4.69) is 61.7 Å². The summed E-state index contributed by atoms with van der Waals surface area (Å²) < 4.78 is 5.51. The maximum absolute atomic E-state index is 5.51. The van der Waals surface area contributed by atoms with Crippen LogP contribution in [-0.2, 0) is 6.42 Å². The van der Waals surface area contributed by atoms with E-state index in [0.717, 1.165) is 49.5 Å². The molecule has 8 heteroatoms. The molecule has 0 aliphatic carbocycles. The molecule has 1 aliphatic heterocycles. The van der Waals surface area contributed by atoms with Crippen LogP contribution in [0.2, 0.25) is 0 Å². The second-order valence-electron chi connectivity index (χ2n) is 7.23. The fourth-order valence-electron chi connectivity index (χ4n) is 3.42. The summed E-state index contributed by atoms with van der Waals surface area (Å²) in [5, 5.41) is 6.62. The van der Waals surface area contributed by atoms with Gasteiger partial charge in [0.2, 0.25) is 17.8 Å². The Morgan fingerprint density at radius 1 is 0.806 bits per heavy atom. The highest BCUT2D eigenvalue weighted by atomic mass is 35.5. The van der Waals surface area contributed by atoms with Gasteiger partial charge in [-0.05, 0) is 68.1 Å². The van der Waals surface area contributed by atoms with E-state index in [-0.39, 0.29) is 12.4 Å². The van der Waals surface area contributed by atoms with Crippen molar-refractivity contribution in [1.29, 1.82) is 0 Å². The molecular weight excluding hydrogens is 412 g/mol. The Morgan fingerprint density at radius 2 is 1.35 bits per heavy atom. The smallest absolute Gasteiger partial charge is 0.233 e. The highest BCUT2D eigenvalue weighted by Crippen LogP contribution is 2.24. The van der Waals surface area contributed by atoms with Gasteiger partial charge in [-0.25, -0.2) is 0 Å². The molecule has 1 fully saturated rings. The van der Waals surface area contributed by atoms with Crippen LogP contribution in [0, 0.1) is 0 Å². The van der Waals surface area contributed by atoms with E-state index in [1.54, 1.807) is 0 Å². The van der Waals surface area contributed by atoms with Gasteiger partial charge in [0.05, 0.1) is 6.61 Å². The van der Waals surface area contributed by atoms with Gasteiger partial charge in [0.1, 0.15) is 5.75 Å². The molecule has 4 rings (SSSR count). The molecule has 0 atom stereocenters. The lowest BCUT2D eigenvalue weighted by atomic mass is 10.1. The highest BCUT2D eigenvalue weighted by Gasteiger charge is 2.17. The molecule has 1 aliphatic rings. The van der Waals surface area contributed by atoms with E-state index < -0.39 is 0 Å². The second-order valence-corrected chi connectivity index (χ2v) is 7.23. The third-order valence-corrected chi connectivity index (χ3v) is 5.05. The topological polar surface area (TPSA) is 75.2 Å². The van der Waals surface area contributed by atoms with E-state index in [9.17, 15) is 0 Å². The van der Waals surface area contributed by atoms with Crippen LogP contribution in [0.5, 0.6) is 5.75 Å². The first-order valence-electron chi connectivity index (χ1n) is 10.6. The quantitative estimate of drug-likeness (QED) is 0.489. The Morgan fingerprint density at radius 3 is 1.87 bits per heavy atom. The third-order valence-electron chi connectivity index (χ3n) is 5.05. The molecule has 0 amide bonds. The first kappa shape index (κ1) is 22.6. The van der Waals surface area contributed by atoms with E-state index in [4.69, 9.17) is 4.74 Å². The molecule has 0 radical (unpaired) electrons. The number of ether oxygens (including phenoxy) is 1. The van der Waals surface area contributed by atoms with Crippen molar-refractivity contribution in [2.45, 2.75) is 33.1 Å². The summed E-state index contributed by atoms with van der Waals surface area (Å²) in [6.07, 6.45) is 3.34. The second kappa shape index (κ2) is 10.8. The van der Waals surface area contributed by atoms with Crippen LogP contribution in [0.25, 0.3) is 0 Å². The van der Waals surface area contributed by atoms with Gasteiger partial charge in [0, 0.05) is 24.5 Å². The van der Waals surface area contributed by atoms with Crippen molar-refractivity contribution in [2.75, 3.05) is 35.2 Å². The number of rotatable bonds is 8. The Bertz CT molecular complexity index is 959. The Kier molecular flexibility index (Phi) is 7.89. The van der Waals surface area contributed by atoms with Crippen molar-refractivity contribution >= 4 is 41.6 Å². The van der Waals surface area contributed by atoms with Gasteiger partial charge in [0.15, 0.2) is 0 Å². The Hall–Kier alpha value is -3.06. The fraction of sp³-hybridized carbons (Fsp3) is 0.348. The van der Waals surface area contributed by atoms with Crippen molar-refractivity contribution in [3.63, 3.8) is 0 Å². The van der Waals surface area contributed by atoms with Gasteiger partial charge in [-0.3, -0.25) is 0 Å². The van der Waals surface area contributed by atoms with Crippen molar-refractivity contribution in [3.05, 3.63) is 54.1 Å². The number of anilines is 5. The summed E-state index contributed by atoms with van der Waals surface area (Å²) in [4.78, 5) is 16.1. The van der Waals surface area contributed by atoms with Crippen LogP contribution in [0.1, 0.15) is 32.3 Å². The summed E-state index contributed by atoms with van der Waals surface area (Å²) in [7, 11) is 0. The van der Waals surface area contributed by atoms with Crippen molar-refractivity contribution in [3.8, 4) is 5.75 Å². The van der Waals surface area contributed by atoms with Crippen LogP contribution in [0.4, 0.5) is 29.2 Å². The predicted octanol–water partition coefficient (Wildman–Crippen LogP) is 5.34. The van der Waals surface area contributed by atoms with E-state index >= 15 is 0 Å². The number of hydrogen-bond acceptors (Lipinski definition) is 7. The monoisotopic (exact) mass is 440 g/mol. The molecule has 0 saturated carbocycles. The summed E-state index contributed by atoms with van der Waals surface area (Å²) in [6.45, 7) is 6.71. The maximum atomic E-state index is 5.51. The normalized spacial score (nSPS) is 12.9. The zero-order chi connectivity index (χ0) is 20.8. The van der Waals surface area contributed by atoms with Crippen LogP contribution in [0.3, 0.4) is 0 Å². The minimum atomic E-state index is 0. The first-order chi connectivity index (χ1) is 14.7. The van der Waals surface area contributed by atoms with E-state index in [1.165, 1.54) is 5.56 Å². The van der Waals surface area contributed by atoms with Gasteiger partial charge in [-0.2, -0.15) is 15.0 Å². The zero-order valence-electron chi connectivity index (χ0n) is 18.0. The van der Waals surface area contributed by atoms with Crippen molar-refractivity contribution < 1.29 is 4.74 Å². The number of benzene rings is 2. The standard InChI is InChI=1S/C23H28N6O.ClH/c1-3-17-7-9-18(10-8-17)24-21-26-22(28-23(27-21)29-15-5-6-16-29)25-19-11-13-20(14-12-19)30-4-2;/h7-14H,3-6,15-16H2,1-2H3,(H2,24,25,26,27,28);1H. The number of aromatic nitrogens is 3. The highest BCUT2D eigenvalue weighted by molar-refractivity contribution is 5.85. The molecule has 2 N–H and O–H groups in total. The largest absolute Gasteiger partial charge is 0.494 e. The average Bonchev–Trinajstić information content (AvgIpc) is 3.31. The third kappa shape index (κ3) is 5.98. The summed E-state index contributed by atoms with van der Waals surface area (Å²) in [5.41, 5.74) is 3.15. The van der Waals surface area contributed by atoms with Crippen LogP contribution in [-0.4, -0.2) is 34.6 Å². The summed E-state index contributed by atoms with van der Waals surface area (Å²) >= 11 is 0. The lowest BCUT2D eigenvalue weighted by molar-refractivity contribution is 0.340. The molecule has 31 heavy (non-hydrogen) atoms. The van der Waals surface area contributed by atoms with Gasteiger partial charge in [0.25, 0.3) is 0 Å². The Labute approximate surface area is 189 Å². The molecule has 2 aromatic carbocycles. The zero-order valence-corrected chi connectivity index (χ0v) is 18.8. The van der Waals surface area contributed by atoms with Crippen molar-refractivity contribution in [2.24, 2.45) is 0 Å². The van der Waals surface area contributed by atoms with Gasteiger partial charge in [-0.1, -0.05) is 19.1 Å². The molecule has 3 aromatic rings. The Balaban J connectivity index is 0.00000272. The minimum absolute atomic E-state index is 0. The first-order valence-corrected chi connectivity index (χ1v) is 10.6. The van der Waals surface area contributed by atoms with Gasteiger partial charge < -0.3 is 20.3 Å². The van der Waals surface area contributed by atoms with Crippen LogP contribution in [0.15, 0.2) is 48.5 Å². The van der Waals surface area contributed by atoms with Gasteiger partial charge in [-0.15, -0.1) is 12.4 Å². The molecule has 1 aromatic heterocycles. The van der Waals surface area contributed by atoms with E-state index in [1.807, 2.05) is 31.2 Å². The molecule has 0 spiro atoms. The number of nitrogens with zero attached hydrogens (tertiary/aromatic N) is 4. The maximum Gasteiger partial charge on any atom is 0.233 e. The van der Waals surface area contributed by atoms with Gasteiger partial charge >= 0.3 is 0 Å². The number of nitrogens with one attached hydrogen (secondary N) is 2. The number of aryl methyl sites for hydroxylation is 1. The predicted molar refractivity (Wildman–Crippen MR) is 129 cm³/mol. The van der Waals surface area contributed by atoms with Crippen LogP contribution < -0.4 is 20.3 Å². The minimum Gasteiger partial charge on any atom is -0.494 e. The molecule has 0 bridgehead atoms. The van der Waals surface area contributed by atoms with E-state index in [0.29, 0.717) is 24.5 Å². The fourth-order valence-corrected chi connectivity index (χ4v) is 3.42. The summed E-state index contributed by atoms with van der Waals surface area (Å²) in [6, 6.07) is 16.1. The molecule has 7 nitrogen and oxygen atoms in total. The molecule has 1 saturated heterocycles. The van der Waals surface area contributed by atoms with Crippen molar-refractivity contribution in [1.82, 2.24) is 15.0 Å². The average molecular weight is 441 g/mol. The molecule has 164 valence electrons.